The number of hydrogen-bond acceptors (Lipinski definition) is 4. The minimum absolute atomic E-state index is 0.0874. The molecule has 2 aliphatic rings. The number of nitrogens with one attached hydrogen (secondary N) is 1. The number of hydrogen-bond donors (Lipinski definition) is 2. The van der Waals surface area contributed by atoms with Gasteiger partial charge in [0.05, 0.1) is 5.54 Å². The van der Waals surface area contributed by atoms with Crippen LogP contribution in [0.3, 0.4) is 0 Å². The summed E-state index contributed by atoms with van der Waals surface area (Å²) >= 11 is 0. The summed E-state index contributed by atoms with van der Waals surface area (Å²) in [6, 6.07) is 5.26. The zero-order valence-electron chi connectivity index (χ0n) is 11.5. The van der Waals surface area contributed by atoms with E-state index in [0.717, 1.165) is 25.7 Å². The molecule has 0 aromatic heterocycles. The number of fused-ring (bicyclic) bond motifs is 1. The maximum absolute atomic E-state index is 12.4. The molecule has 5 heteroatoms. The summed E-state index contributed by atoms with van der Waals surface area (Å²) in [7, 11) is 0. The molecule has 1 fully saturated rings. The van der Waals surface area contributed by atoms with Crippen molar-refractivity contribution in [2.45, 2.75) is 37.6 Å². The Labute approximate surface area is 118 Å². The van der Waals surface area contributed by atoms with Crippen molar-refractivity contribution >= 4 is 5.91 Å². The summed E-state index contributed by atoms with van der Waals surface area (Å²) in [5.74, 6) is 1.23. The lowest BCUT2D eigenvalue weighted by atomic mass is 9.81. The molecule has 0 atom stereocenters. The number of ether oxygens (including phenoxy) is 2. The van der Waals surface area contributed by atoms with E-state index in [1.807, 2.05) is 0 Å². The number of benzene rings is 1. The van der Waals surface area contributed by atoms with Crippen molar-refractivity contribution in [2.24, 2.45) is 5.73 Å². The molecule has 0 spiro atoms. The topological polar surface area (TPSA) is 73.6 Å². The molecule has 0 unspecified atom stereocenters. The second kappa shape index (κ2) is 5.32. The van der Waals surface area contributed by atoms with E-state index in [9.17, 15) is 4.79 Å². The van der Waals surface area contributed by atoms with Gasteiger partial charge in [-0.25, -0.2) is 0 Å². The number of carbonyl (C=O) groups excluding carboxylic acids is 1. The molecule has 1 aliphatic carbocycles. The van der Waals surface area contributed by atoms with Crippen molar-refractivity contribution in [3.05, 3.63) is 23.8 Å². The van der Waals surface area contributed by atoms with Crippen molar-refractivity contribution in [1.82, 2.24) is 5.32 Å². The number of nitrogens with two attached hydrogens (primary N) is 1. The third-order valence-corrected chi connectivity index (χ3v) is 4.21. The van der Waals surface area contributed by atoms with E-state index in [-0.39, 0.29) is 18.2 Å². The average molecular weight is 276 g/mol. The second-order valence-electron chi connectivity index (χ2n) is 5.57. The first-order chi connectivity index (χ1) is 9.72. The van der Waals surface area contributed by atoms with Crippen molar-refractivity contribution in [3.63, 3.8) is 0 Å². The third-order valence-electron chi connectivity index (χ3n) is 4.21. The Balaban J connectivity index is 1.75. The van der Waals surface area contributed by atoms with Crippen LogP contribution in [0.2, 0.25) is 0 Å². The second-order valence-corrected chi connectivity index (χ2v) is 5.57. The smallest absolute Gasteiger partial charge is 0.251 e. The first-order valence-electron chi connectivity index (χ1n) is 7.15. The Morgan fingerprint density at radius 3 is 2.70 bits per heavy atom. The highest BCUT2D eigenvalue weighted by atomic mass is 16.7. The lowest BCUT2D eigenvalue weighted by Gasteiger charge is -2.37. The lowest BCUT2D eigenvalue weighted by molar-refractivity contribution is 0.0874. The molecule has 20 heavy (non-hydrogen) atoms. The van der Waals surface area contributed by atoms with Crippen LogP contribution >= 0.6 is 0 Å². The summed E-state index contributed by atoms with van der Waals surface area (Å²) in [5, 5.41) is 3.13. The van der Waals surface area contributed by atoms with Crippen LogP contribution in [0.5, 0.6) is 11.5 Å². The van der Waals surface area contributed by atoms with Gasteiger partial charge in [-0.2, -0.15) is 0 Å². The molecular formula is C15H20N2O3. The normalized spacial score (nSPS) is 19.6. The van der Waals surface area contributed by atoms with Crippen molar-refractivity contribution in [1.29, 1.82) is 0 Å². The molecule has 0 radical (unpaired) electrons. The number of amides is 1. The Bertz CT molecular complexity index is 510. The predicted molar refractivity (Wildman–Crippen MR) is 74.9 cm³/mol. The summed E-state index contributed by atoms with van der Waals surface area (Å²) in [6.45, 7) is 0.705. The monoisotopic (exact) mass is 276 g/mol. The van der Waals surface area contributed by atoms with Crippen molar-refractivity contribution in [2.75, 3.05) is 13.3 Å². The molecule has 0 saturated heterocycles. The molecule has 1 aromatic rings. The lowest BCUT2D eigenvalue weighted by Crippen LogP contribution is -2.54. The Hall–Kier alpha value is -1.75. The number of carbonyl (C=O) groups is 1. The van der Waals surface area contributed by atoms with E-state index in [0.29, 0.717) is 23.6 Å². The van der Waals surface area contributed by atoms with E-state index in [2.05, 4.69) is 5.32 Å². The zero-order chi connectivity index (χ0) is 14.0. The summed E-state index contributed by atoms with van der Waals surface area (Å²) < 4.78 is 10.6. The average Bonchev–Trinajstić information content (AvgIpc) is 2.95. The fourth-order valence-electron chi connectivity index (χ4n) is 2.96. The highest BCUT2D eigenvalue weighted by Crippen LogP contribution is 2.33. The Kier molecular flexibility index (Phi) is 3.53. The van der Waals surface area contributed by atoms with Crippen molar-refractivity contribution in [3.8, 4) is 11.5 Å². The van der Waals surface area contributed by atoms with Gasteiger partial charge in [0.2, 0.25) is 6.79 Å². The van der Waals surface area contributed by atoms with Gasteiger partial charge in [0, 0.05) is 12.1 Å². The minimum Gasteiger partial charge on any atom is -0.454 e. The fourth-order valence-corrected chi connectivity index (χ4v) is 2.96. The zero-order valence-corrected chi connectivity index (χ0v) is 11.5. The van der Waals surface area contributed by atoms with Gasteiger partial charge in [-0.05, 0) is 31.0 Å². The van der Waals surface area contributed by atoms with Crippen molar-refractivity contribution < 1.29 is 14.3 Å². The third kappa shape index (κ3) is 2.45. The standard InChI is InChI=1S/C15H20N2O3/c16-9-15(6-2-1-3-7-15)17-14(18)11-4-5-12-13(8-11)20-10-19-12/h4-5,8H,1-3,6-7,9-10,16H2,(H,17,18). The van der Waals surface area contributed by atoms with E-state index in [4.69, 9.17) is 15.2 Å². The molecule has 0 bridgehead atoms. The molecule has 5 nitrogen and oxygen atoms in total. The maximum Gasteiger partial charge on any atom is 0.251 e. The van der Waals surface area contributed by atoms with Gasteiger partial charge in [0.1, 0.15) is 0 Å². The molecule has 1 heterocycles. The van der Waals surface area contributed by atoms with E-state index in [1.54, 1.807) is 18.2 Å². The molecule has 3 N–H and O–H groups in total. The first kappa shape index (κ1) is 13.2. The van der Waals surface area contributed by atoms with Gasteiger partial charge in [0.15, 0.2) is 11.5 Å². The van der Waals surface area contributed by atoms with Crippen LogP contribution < -0.4 is 20.5 Å². The van der Waals surface area contributed by atoms with Gasteiger partial charge < -0.3 is 20.5 Å². The van der Waals surface area contributed by atoms with Gasteiger partial charge in [0.25, 0.3) is 5.91 Å². The molecule has 1 saturated carbocycles. The highest BCUT2D eigenvalue weighted by molar-refractivity contribution is 5.95. The first-order valence-corrected chi connectivity index (χ1v) is 7.15. The van der Waals surface area contributed by atoms with Crippen LogP contribution in [0.4, 0.5) is 0 Å². The minimum atomic E-state index is -0.244. The van der Waals surface area contributed by atoms with Crippen LogP contribution in [0.15, 0.2) is 18.2 Å². The summed E-state index contributed by atoms with van der Waals surface area (Å²) in [5.41, 5.74) is 6.24. The molecule has 3 rings (SSSR count). The molecule has 1 amide bonds. The van der Waals surface area contributed by atoms with Crippen LogP contribution in [0.25, 0.3) is 0 Å². The van der Waals surface area contributed by atoms with Gasteiger partial charge in [-0.15, -0.1) is 0 Å². The van der Waals surface area contributed by atoms with Crippen LogP contribution in [-0.4, -0.2) is 24.8 Å². The molecule has 1 aromatic carbocycles. The quantitative estimate of drug-likeness (QED) is 0.883. The largest absolute Gasteiger partial charge is 0.454 e. The van der Waals surface area contributed by atoms with Crippen LogP contribution in [0.1, 0.15) is 42.5 Å². The van der Waals surface area contributed by atoms with Crippen LogP contribution in [0, 0.1) is 0 Å². The summed E-state index contributed by atoms with van der Waals surface area (Å²) in [6.07, 6.45) is 5.39. The Morgan fingerprint density at radius 2 is 1.95 bits per heavy atom. The SMILES string of the molecule is NCC1(NC(=O)c2ccc3c(c2)OCO3)CCCCC1. The molecular weight excluding hydrogens is 256 g/mol. The predicted octanol–water partition coefficient (Wildman–Crippen LogP) is 1.81. The maximum atomic E-state index is 12.4. The van der Waals surface area contributed by atoms with E-state index in [1.165, 1.54) is 6.42 Å². The summed E-state index contributed by atoms with van der Waals surface area (Å²) in [4.78, 5) is 12.4. The number of rotatable bonds is 3. The van der Waals surface area contributed by atoms with Gasteiger partial charge >= 0.3 is 0 Å². The van der Waals surface area contributed by atoms with E-state index >= 15 is 0 Å². The van der Waals surface area contributed by atoms with Gasteiger partial charge in [-0.1, -0.05) is 19.3 Å². The molecule has 108 valence electrons. The fraction of sp³-hybridized carbons (Fsp3) is 0.533. The van der Waals surface area contributed by atoms with Crippen LogP contribution in [-0.2, 0) is 0 Å². The Morgan fingerprint density at radius 1 is 1.20 bits per heavy atom. The highest BCUT2D eigenvalue weighted by Gasteiger charge is 2.32. The van der Waals surface area contributed by atoms with E-state index < -0.39 is 0 Å². The molecule has 1 aliphatic heterocycles. The van der Waals surface area contributed by atoms with Gasteiger partial charge in [-0.3, -0.25) is 4.79 Å².